The summed E-state index contributed by atoms with van der Waals surface area (Å²) in [7, 11) is 0. The van der Waals surface area contributed by atoms with Crippen molar-refractivity contribution in [3.63, 3.8) is 0 Å². The lowest BCUT2D eigenvalue weighted by atomic mass is 10.1. The molecule has 2 aromatic rings. The number of hydrogen-bond donors (Lipinski definition) is 2. The van der Waals surface area contributed by atoms with Crippen molar-refractivity contribution in [2.75, 3.05) is 19.7 Å². The van der Waals surface area contributed by atoms with E-state index in [2.05, 4.69) is 44.7 Å². The van der Waals surface area contributed by atoms with E-state index < -0.39 is 0 Å². The summed E-state index contributed by atoms with van der Waals surface area (Å²) in [6, 6.07) is 10.4. The first-order valence-electron chi connectivity index (χ1n) is 9.47. The van der Waals surface area contributed by atoms with E-state index in [4.69, 9.17) is 4.74 Å². The number of aryl methyl sites for hydroxylation is 1. The van der Waals surface area contributed by atoms with E-state index in [0.717, 1.165) is 38.2 Å². The second-order valence-electron chi connectivity index (χ2n) is 7.18. The standard InChI is InChI=1S/C20H26N4O2/c25-20(21-12-19-17-7-4-8-18(17)22-23-19)11-16-14-24(9-10-26-16)13-15-5-2-1-3-6-15/h1-3,5-6,16H,4,7-14H2,(H,21,25)(H,22,23)/t16-/m0/s1. The number of hydrogen-bond acceptors (Lipinski definition) is 4. The van der Waals surface area contributed by atoms with Gasteiger partial charge in [0.15, 0.2) is 0 Å². The third-order valence-electron chi connectivity index (χ3n) is 5.23. The Labute approximate surface area is 153 Å². The van der Waals surface area contributed by atoms with Gasteiger partial charge in [-0.15, -0.1) is 0 Å². The smallest absolute Gasteiger partial charge is 0.222 e. The van der Waals surface area contributed by atoms with Crippen molar-refractivity contribution in [2.45, 2.75) is 44.9 Å². The van der Waals surface area contributed by atoms with Gasteiger partial charge in [0.1, 0.15) is 0 Å². The van der Waals surface area contributed by atoms with Crippen molar-refractivity contribution < 1.29 is 9.53 Å². The molecule has 1 aromatic heterocycles. The highest BCUT2D eigenvalue weighted by Crippen LogP contribution is 2.22. The maximum atomic E-state index is 12.3. The molecule has 2 heterocycles. The predicted octanol–water partition coefficient (Wildman–Crippen LogP) is 1.81. The first-order chi connectivity index (χ1) is 12.8. The van der Waals surface area contributed by atoms with E-state index >= 15 is 0 Å². The Kier molecular flexibility index (Phi) is 5.32. The van der Waals surface area contributed by atoms with Crippen LogP contribution < -0.4 is 5.32 Å². The Bertz CT molecular complexity index is 744. The van der Waals surface area contributed by atoms with Crippen molar-refractivity contribution in [3.05, 3.63) is 52.8 Å². The van der Waals surface area contributed by atoms with Crippen molar-refractivity contribution in [3.8, 4) is 0 Å². The number of morpholine rings is 1. The molecule has 6 heteroatoms. The molecule has 0 unspecified atom stereocenters. The average Bonchev–Trinajstić information content (AvgIpc) is 3.25. The number of aromatic amines is 1. The van der Waals surface area contributed by atoms with Gasteiger partial charge in [0, 0.05) is 25.3 Å². The number of carbonyl (C=O) groups is 1. The van der Waals surface area contributed by atoms with Gasteiger partial charge in [-0.3, -0.25) is 14.8 Å². The maximum Gasteiger partial charge on any atom is 0.222 e. The van der Waals surface area contributed by atoms with Crippen LogP contribution in [0.25, 0.3) is 0 Å². The van der Waals surface area contributed by atoms with E-state index in [-0.39, 0.29) is 12.0 Å². The fourth-order valence-electron chi connectivity index (χ4n) is 3.88. The average molecular weight is 354 g/mol. The molecule has 1 amide bonds. The van der Waals surface area contributed by atoms with Gasteiger partial charge in [-0.1, -0.05) is 30.3 Å². The van der Waals surface area contributed by atoms with Crippen molar-refractivity contribution in [1.29, 1.82) is 0 Å². The van der Waals surface area contributed by atoms with Gasteiger partial charge in [0.25, 0.3) is 0 Å². The predicted molar refractivity (Wildman–Crippen MR) is 98.5 cm³/mol. The largest absolute Gasteiger partial charge is 0.375 e. The van der Waals surface area contributed by atoms with Crippen LogP contribution in [-0.2, 0) is 35.5 Å². The van der Waals surface area contributed by atoms with Gasteiger partial charge < -0.3 is 10.1 Å². The second kappa shape index (κ2) is 8.01. The minimum Gasteiger partial charge on any atom is -0.375 e. The summed E-state index contributed by atoms with van der Waals surface area (Å²) in [5.74, 6) is 0.0336. The minimum atomic E-state index is -0.0441. The summed E-state index contributed by atoms with van der Waals surface area (Å²) in [5, 5.41) is 10.4. The summed E-state index contributed by atoms with van der Waals surface area (Å²) in [6.45, 7) is 3.79. The maximum absolute atomic E-state index is 12.3. The monoisotopic (exact) mass is 354 g/mol. The fourth-order valence-corrected chi connectivity index (χ4v) is 3.88. The number of aromatic nitrogens is 2. The number of nitrogens with one attached hydrogen (secondary N) is 2. The molecule has 1 aromatic carbocycles. The molecular formula is C20H26N4O2. The Morgan fingerprint density at radius 3 is 3.08 bits per heavy atom. The number of fused-ring (bicyclic) bond motifs is 1. The van der Waals surface area contributed by atoms with Gasteiger partial charge >= 0.3 is 0 Å². The normalized spacial score (nSPS) is 20.1. The van der Waals surface area contributed by atoms with E-state index in [0.29, 0.717) is 19.6 Å². The zero-order valence-electron chi connectivity index (χ0n) is 15.0. The third kappa shape index (κ3) is 4.14. The van der Waals surface area contributed by atoms with E-state index in [1.54, 1.807) is 0 Å². The van der Waals surface area contributed by atoms with E-state index in [9.17, 15) is 4.79 Å². The first-order valence-corrected chi connectivity index (χ1v) is 9.47. The Hall–Kier alpha value is -2.18. The molecule has 138 valence electrons. The lowest BCUT2D eigenvalue weighted by Gasteiger charge is -2.32. The molecule has 0 bridgehead atoms. The molecule has 1 aliphatic carbocycles. The zero-order chi connectivity index (χ0) is 17.8. The van der Waals surface area contributed by atoms with Crippen LogP contribution in [0, 0.1) is 0 Å². The molecular weight excluding hydrogens is 328 g/mol. The molecule has 2 N–H and O–H groups in total. The van der Waals surface area contributed by atoms with Crippen LogP contribution >= 0.6 is 0 Å². The van der Waals surface area contributed by atoms with Gasteiger partial charge in [-0.2, -0.15) is 5.10 Å². The number of benzene rings is 1. The SMILES string of the molecule is O=C(C[C@H]1CN(Cc2ccccc2)CCO1)NCc1n[nH]c2c1CCC2. The van der Waals surface area contributed by atoms with Crippen LogP contribution in [0.15, 0.2) is 30.3 Å². The number of amides is 1. The van der Waals surface area contributed by atoms with Gasteiger partial charge in [-0.25, -0.2) is 0 Å². The van der Waals surface area contributed by atoms with Crippen molar-refractivity contribution in [2.24, 2.45) is 0 Å². The number of rotatable bonds is 6. The summed E-state index contributed by atoms with van der Waals surface area (Å²) in [5.41, 5.74) is 4.82. The Morgan fingerprint density at radius 1 is 1.31 bits per heavy atom. The van der Waals surface area contributed by atoms with Crippen LogP contribution in [0.1, 0.15) is 35.4 Å². The molecule has 1 atom stereocenters. The molecule has 0 spiro atoms. The fraction of sp³-hybridized carbons (Fsp3) is 0.500. The highest BCUT2D eigenvalue weighted by Gasteiger charge is 2.24. The van der Waals surface area contributed by atoms with Crippen LogP contribution in [0.2, 0.25) is 0 Å². The number of carbonyl (C=O) groups excluding carboxylic acids is 1. The molecule has 2 aliphatic rings. The van der Waals surface area contributed by atoms with Crippen molar-refractivity contribution in [1.82, 2.24) is 20.4 Å². The van der Waals surface area contributed by atoms with Gasteiger partial charge in [-0.05, 0) is 30.4 Å². The number of nitrogens with zero attached hydrogens (tertiary/aromatic N) is 2. The quantitative estimate of drug-likeness (QED) is 0.830. The molecule has 1 saturated heterocycles. The van der Waals surface area contributed by atoms with E-state index in [1.807, 2.05) is 6.07 Å². The minimum absolute atomic E-state index is 0.0336. The van der Waals surface area contributed by atoms with E-state index in [1.165, 1.54) is 23.2 Å². The molecule has 0 radical (unpaired) electrons. The zero-order valence-corrected chi connectivity index (χ0v) is 15.0. The molecule has 26 heavy (non-hydrogen) atoms. The van der Waals surface area contributed by atoms with Crippen LogP contribution in [-0.4, -0.2) is 46.8 Å². The van der Waals surface area contributed by atoms with Crippen LogP contribution in [0.5, 0.6) is 0 Å². The molecule has 0 saturated carbocycles. The third-order valence-corrected chi connectivity index (χ3v) is 5.23. The summed E-state index contributed by atoms with van der Waals surface area (Å²) < 4.78 is 5.80. The summed E-state index contributed by atoms with van der Waals surface area (Å²) >= 11 is 0. The van der Waals surface area contributed by atoms with Gasteiger partial charge in [0.05, 0.1) is 31.4 Å². The lowest BCUT2D eigenvalue weighted by Crippen LogP contribution is -2.44. The molecule has 1 fully saturated rings. The summed E-state index contributed by atoms with van der Waals surface area (Å²) in [6.07, 6.45) is 3.67. The lowest BCUT2D eigenvalue weighted by molar-refractivity contribution is -0.126. The first kappa shape index (κ1) is 17.2. The number of H-pyrrole nitrogens is 1. The second-order valence-corrected chi connectivity index (χ2v) is 7.18. The van der Waals surface area contributed by atoms with Crippen LogP contribution in [0.4, 0.5) is 0 Å². The highest BCUT2D eigenvalue weighted by molar-refractivity contribution is 5.76. The Balaban J connectivity index is 1.24. The Morgan fingerprint density at radius 2 is 2.19 bits per heavy atom. The topological polar surface area (TPSA) is 70.2 Å². The molecule has 6 nitrogen and oxygen atoms in total. The summed E-state index contributed by atoms with van der Waals surface area (Å²) in [4.78, 5) is 14.7. The molecule has 4 rings (SSSR count). The van der Waals surface area contributed by atoms with Crippen molar-refractivity contribution >= 4 is 5.91 Å². The highest BCUT2D eigenvalue weighted by atomic mass is 16.5. The molecule has 1 aliphatic heterocycles. The van der Waals surface area contributed by atoms with Gasteiger partial charge in [0.2, 0.25) is 5.91 Å². The van der Waals surface area contributed by atoms with Crippen LogP contribution in [0.3, 0.4) is 0 Å². The number of ether oxygens (including phenoxy) is 1.